The number of sulfonamides is 1. The van der Waals surface area contributed by atoms with Crippen LogP contribution >= 0.6 is 11.3 Å². The SMILES string of the molecule is Cc1sc(N(CCc2ccc(OC(F)F)cc2)Cc2nc(C3CC3)no2)nc1C(=O)NS(C)(=O)=O. The van der Waals surface area contributed by atoms with Gasteiger partial charge >= 0.3 is 6.61 Å². The smallest absolute Gasteiger partial charge is 0.387 e. The highest BCUT2D eigenvalue weighted by atomic mass is 32.2. The Balaban J connectivity index is 1.53. The summed E-state index contributed by atoms with van der Waals surface area (Å²) in [6, 6.07) is 6.30. The molecule has 14 heteroatoms. The molecule has 0 bridgehead atoms. The lowest BCUT2D eigenvalue weighted by Gasteiger charge is -2.20. The van der Waals surface area contributed by atoms with Gasteiger partial charge in [-0.25, -0.2) is 18.1 Å². The second-order valence-electron chi connectivity index (χ2n) is 8.12. The minimum atomic E-state index is -3.74. The highest BCUT2D eigenvalue weighted by Gasteiger charge is 2.29. The summed E-state index contributed by atoms with van der Waals surface area (Å²) in [6.07, 6.45) is 3.46. The Labute approximate surface area is 204 Å². The number of thiazole rings is 1. The Hall–Kier alpha value is -3.13. The first kappa shape index (κ1) is 25.0. The molecule has 0 aliphatic heterocycles. The van der Waals surface area contributed by atoms with Gasteiger partial charge in [0.25, 0.3) is 5.91 Å². The summed E-state index contributed by atoms with van der Waals surface area (Å²) < 4.78 is 59.4. The Morgan fingerprint density at radius 1 is 1.29 bits per heavy atom. The molecular weight excluding hydrogens is 504 g/mol. The molecule has 10 nitrogen and oxygen atoms in total. The Morgan fingerprint density at radius 3 is 2.63 bits per heavy atom. The zero-order valence-electron chi connectivity index (χ0n) is 18.9. The number of rotatable bonds is 11. The molecule has 1 aliphatic rings. The molecule has 1 aromatic carbocycles. The molecule has 1 aliphatic carbocycles. The van der Waals surface area contributed by atoms with E-state index in [0.717, 1.165) is 24.7 Å². The number of carbonyl (C=O) groups excluding carboxylic acids is 1. The summed E-state index contributed by atoms with van der Waals surface area (Å²) >= 11 is 1.23. The highest BCUT2D eigenvalue weighted by molar-refractivity contribution is 7.89. The van der Waals surface area contributed by atoms with Crippen molar-refractivity contribution < 1.29 is 31.3 Å². The van der Waals surface area contributed by atoms with E-state index in [2.05, 4.69) is 19.9 Å². The molecule has 188 valence electrons. The van der Waals surface area contributed by atoms with Crippen LogP contribution in [0.25, 0.3) is 0 Å². The van der Waals surface area contributed by atoms with Crippen LogP contribution < -0.4 is 14.4 Å². The van der Waals surface area contributed by atoms with Crippen molar-refractivity contribution in [3.63, 3.8) is 0 Å². The third kappa shape index (κ3) is 6.94. The zero-order valence-corrected chi connectivity index (χ0v) is 20.5. The van der Waals surface area contributed by atoms with Gasteiger partial charge in [-0.15, -0.1) is 11.3 Å². The van der Waals surface area contributed by atoms with Crippen molar-refractivity contribution in [1.29, 1.82) is 0 Å². The number of anilines is 1. The normalized spacial score (nSPS) is 13.7. The number of benzene rings is 1. The van der Waals surface area contributed by atoms with Crippen LogP contribution in [0.4, 0.5) is 13.9 Å². The lowest BCUT2D eigenvalue weighted by atomic mass is 10.1. The Morgan fingerprint density at radius 2 is 2.00 bits per heavy atom. The molecule has 4 rings (SSSR count). The van der Waals surface area contributed by atoms with Crippen molar-refractivity contribution in [3.05, 3.63) is 52.1 Å². The van der Waals surface area contributed by atoms with Crippen LogP contribution in [0.5, 0.6) is 5.75 Å². The number of hydrogen-bond donors (Lipinski definition) is 1. The predicted molar refractivity (Wildman–Crippen MR) is 123 cm³/mol. The number of carbonyl (C=O) groups is 1. The van der Waals surface area contributed by atoms with E-state index in [-0.39, 0.29) is 18.0 Å². The number of alkyl halides is 2. The highest BCUT2D eigenvalue weighted by Crippen LogP contribution is 2.38. The monoisotopic (exact) mass is 527 g/mol. The number of nitrogens with zero attached hydrogens (tertiary/aromatic N) is 4. The Bertz CT molecular complexity index is 1290. The first-order valence-corrected chi connectivity index (χ1v) is 13.4. The van der Waals surface area contributed by atoms with Crippen molar-refractivity contribution in [2.24, 2.45) is 0 Å². The number of ether oxygens (including phenoxy) is 1. The van der Waals surface area contributed by atoms with Crippen LogP contribution in [-0.4, -0.2) is 48.9 Å². The van der Waals surface area contributed by atoms with E-state index >= 15 is 0 Å². The van der Waals surface area contributed by atoms with Gasteiger partial charge in [-0.1, -0.05) is 17.3 Å². The van der Waals surface area contributed by atoms with Gasteiger partial charge in [0.15, 0.2) is 11.0 Å². The molecular formula is C21H23F2N5O5S2. The summed E-state index contributed by atoms with van der Waals surface area (Å²) in [4.78, 5) is 23.6. The van der Waals surface area contributed by atoms with Gasteiger partial charge in [0.1, 0.15) is 11.4 Å². The average Bonchev–Trinajstić information content (AvgIpc) is 3.39. The maximum Gasteiger partial charge on any atom is 0.387 e. The Kier molecular flexibility index (Phi) is 7.31. The first-order chi connectivity index (χ1) is 16.6. The van der Waals surface area contributed by atoms with Crippen LogP contribution in [0.3, 0.4) is 0 Å². The van der Waals surface area contributed by atoms with Gasteiger partial charge in [-0.05, 0) is 43.9 Å². The molecule has 2 aromatic heterocycles. The maximum atomic E-state index is 12.4. The molecule has 35 heavy (non-hydrogen) atoms. The molecule has 0 atom stereocenters. The van der Waals surface area contributed by atoms with Gasteiger partial charge in [-0.2, -0.15) is 13.8 Å². The van der Waals surface area contributed by atoms with Gasteiger partial charge in [0.05, 0.1) is 12.8 Å². The van der Waals surface area contributed by atoms with Crippen LogP contribution in [-0.2, 0) is 23.0 Å². The summed E-state index contributed by atoms with van der Waals surface area (Å²) in [5, 5.41) is 4.51. The predicted octanol–water partition coefficient (Wildman–Crippen LogP) is 3.25. The second-order valence-corrected chi connectivity index (χ2v) is 11.0. The molecule has 0 radical (unpaired) electrons. The van der Waals surface area contributed by atoms with Crippen molar-refractivity contribution in [2.45, 2.75) is 45.3 Å². The summed E-state index contributed by atoms with van der Waals surface area (Å²) in [6.45, 7) is -0.563. The molecule has 1 N–H and O–H groups in total. The summed E-state index contributed by atoms with van der Waals surface area (Å²) in [5.41, 5.74) is 0.877. The largest absolute Gasteiger partial charge is 0.435 e. The number of aromatic nitrogens is 3. The number of halogens is 2. The topological polar surface area (TPSA) is 128 Å². The van der Waals surface area contributed by atoms with Crippen LogP contribution in [0.1, 0.15) is 51.4 Å². The third-order valence-corrected chi connectivity index (χ3v) is 6.71. The lowest BCUT2D eigenvalue weighted by molar-refractivity contribution is -0.0498. The van der Waals surface area contributed by atoms with E-state index < -0.39 is 22.5 Å². The minimum absolute atomic E-state index is 0.0122. The van der Waals surface area contributed by atoms with Crippen molar-refractivity contribution in [3.8, 4) is 5.75 Å². The number of amides is 1. The maximum absolute atomic E-state index is 12.4. The van der Waals surface area contributed by atoms with E-state index in [1.165, 1.54) is 23.5 Å². The van der Waals surface area contributed by atoms with Crippen molar-refractivity contribution >= 4 is 32.4 Å². The van der Waals surface area contributed by atoms with Crippen molar-refractivity contribution in [2.75, 3.05) is 17.7 Å². The second kappa shape index (κ2) is 10.2. The molecule has 3 aromatic rings. The fourth-order valence-corrected chi connectivity index (χ4v) is 4.66. The summed E-state index contributed by atoms with van der Waals surface area (Å²) in [7, 11) is -3.74. The molecule has 0 saturated heterocycles. The van der Waals surface area contributed by atoms with Gasteiger partial charge < -0.3 is 14.2 Å². The van der Waals surface area contributed by atoms with Gasteiger partial charge in [0.2, 0.25) is 15.9 Å². The quantitative estimate of drug-likeness (QED) is 0.400. The molecule has 0 spiro atoms. The van der Waals surface area contributed by atoms with E-state index in [1.807, 2.05) is 9.62 Å². The third-order valence-electron chi connectivity index (χ3n) is 5.12. The average molecular weight is 528 g/mol. The zero-order chi connectivity index (χ0) is 25.2. The first-order valence-electron chi connectivity index (χ1n) is 10.7. The van der Waals surface area contributed by atoms with Gasteiger partial charge in [-0.3, -0.25) is 4.79 Å². The van der Waals surface area contributed by atoms with Crippen LogP contribution in [0.2, 0.25) is 0 Å². The molecule has 2 heterocycles. The molecule has 1 fully saturated rings. The van der Waals surface area contributed by atoms with E-state index in [9.17, 15) is 22.0 Å². The lowest BCUT2D eigenvalue weighted by Crippen LogP contribution is -2.30. The standard InChI is InChI=1S/C21H23F2N5O5S2/c1-12-17(19(29)27-35(2,30)31)25-21(34-12)28(11-16-24-18(26-33-16)14-5-6-14)10-9-13-3-7-15(8-4-13)32-20(22)23/h3-4,7-8,14,20H,5-6,9-11H2,1-2H3,(H,27,29). The van der Waals surface area contributed by atoms with Gasteiger partial charge in [0, 0.05) is 17.3 Å². The van der Waals surface area contributed by atoms with E-state index in [1.54, 1.807) is 19.1 Å². The minimum Gasteiger partial charge on any atom is -0.435 e. The summed E-state index contributed by atoms with van der Waals surface area (Å²) in [5.74, 6) is 0.635. The number of aryl methyl sites for hydroxylation is 1. The molecule has 1 amide bonds. The van der Waals surface area contributed by atoms with Crippen LogP contribution in [0.15, 0.2) is 28.8 Å². The van der Waals surface area contributed by atoms with Crippen LogP contribution in [0, 0.1) is 6.92 Å². The molecule has 1 saturated carbocycles. The van der Waals surface area contributed by atoms with E-state index in [4.69, 9.17) is 4.52 Å². The fourth-order valence-electron chi connectivity index (χ4n) is 3.29. The fraction of sp³-hybridized carbons (Fsp3) is 0.429. The number of hydrogen-bond acceptors (Lipinski definition) is 10. The van der Waals surface area contributed by atoms with E-state index in [0.29, 0.717) is 40.6 Å². The number of nitrogens with one attached hydrogen (secondary N) is 1. The molecule has 0 unspecified atom stereocenters. The van der Waals surface area contributed by atoms with Crippen molar-refractivity contribution in [1.82, 2.24) is 19.8 Å².